The van der Waals surface area contributed by atoms with E-state index >= 15 is 0 Å². The van der Waals surface area contributed by atoms with Gasteiger partial charge in [-0.15, -0.1) is 0 Å². The van der Waals surface area contributed by atoms with Gasteiger partial charge in [0, 0.05) is 11.9 Å². The minimum absolute atomic E-state index is 0.362. The second-order valence-corrected chi connectivity index (χ2v) is 3.85. The summed E-state index contributed by atoms with van der Waals surface area (Å²) in [7, 11) is 0. The minimum Gasteiger partial charge on any atom is -0.319 e. The first-order chi connectivity index (χ1) is 7.42. The smallest absolute Gasteiger partial charge is 0.0755 e. The molecule has 0 radical (unpaired) electrons. The van der Waals surface area contributed by atoms with Gasteiger partial charge in [0.05, 0.1) is 11.7 Å². The molecule has 1 atom stereocenters. The van der Waals surface area contributed by atoms with Crippen molar-refractivity contribution in [3.05, 3.63) is 53.9 Å². The number of benzene rings is 1. The lowest BCUT2D eigenvalue weighted by atomic mass is 10.1. The summed E-state index contributed by atoms with van der Waals surface area (Å²) in [6, 6.07) is 13.2. The Morgan fingerprint density at radius 1 is 1.20 bits per heavy atom. The van der Waals surface area contributed by atoms with Crippen molar-refractivity contribution in [1.82, 2.24) is 9.88 Å². The zero-order chi connectivity index (χ0) is 10.3. The van der Waals surface area contributed by atoms with Gasteiger partial charge in [-0.2, -0.15) is 0 Å². The second-order valence-electron chi connectivity index (χ2n) is 3.85. The molecule has 0 aliphatic carbocycles. The van der Waals surface area contributed by atoms with Crippen molar-refractivity contribution < 1.29 is 0 Å². The largest absolute Gasteiger partial charge is 0.319 e. The zero-order valence-corrected chi connectivity index (χ0v) is 8.77. The Labute approximate surface area is 89.5 Å². The number of aromatic nitrogens is 1. The minimum atomic E-state index is 0.362. The summed E-state index contributed by atoms with van der Waals surface area (Å²) in [6.45, 7) is 3.14. The molecule has 1 aliphatic rings. The molecule has 0 saturated carbocycles. The second kappa shape index (κ2) is 3.24. The average molecular weight is 198 g/mol. The summed E-state index contributed by atoms with van der Waals surface area (Å²) in [5, 5.41) is 3.52. The van der Waals surface area contributed by atoms with Crippen molar-refractivity contribution in [1.29, 1.82) is 0 Å². The van der Waals surface area contributed by atoms with E-state index in [1.165, 1.54) is 16.9 Å². The van der Waals surface area contributed by atoms with Gasteiger partial charge in [0.2, 0.25) is 0 Å². The van der Waals surface area contributed by atoms with Crippen LogP contribution in [0.25, 0.3) is 5.69 Å². The topological polar surface area (TPSA) is 17.0 Å². The Bertz CT molecular complexity index is 485. The number of para-hydroxylation sites is 1. The molecule has 2 nitrogen and oxygen atoms in total. The van der Waals surface area contributed by atoms with E-state index in [0.29, 0.717) is 6.04 Å². The molecular formula is C13H14N2. The van der Waals surface area contributed by atoms with Gasteiger partial charge in [-0.1, -0.05) is 25.1 Å². The number of rotatable bonds is 2. The van der Waals surface area contributed by atoms with Crippen LogP contribution in [0.2, 0.25) is 0 Å². The first-order valence-electron chi connectivity index (χ1n) is 5.41. The van der Waals surface area contributed by atoms with Crippen LogP contribution in [0.5, 0.6) is 0 Å². The maximum Gasteiger partial charge on any atom is 0.0755 e. The molecule has 0 saturated heterocycles. The number of nitrogens with one attached hydrogen (secondary N) is 1. The third-order valence-corrected chi connectivity index (χ3v) is 2.99. The highest BCUT2D eigenvalue weighted by Crippen LogP contribution is 2.35. The van der Waals surface area contributed by atoms with Gasteiger partial charge >= 0.3 is 0 Å². The van der Waals surface area contributed by atoms with Crippen LogP contribution in [-0.4, -0.2) is 11.1 Å². The molecule has 0 amide bonds. The van der Waals surface area contributed by atoms with Crippen molar-refractivity contribution in [2.24, 2.45) is 0 Å². The van der Waals surface area contributed by atoms with E-state index in [-0.39, 0.29) is 0 Å². The Morgan fingerprint density at radius 3 is 2.93 bits per heavy atom. The lowest BCUT2D eigenvalue weighted by molar-refractivity contribution is 0.632. The molecule has 2 aromatic rings. The van der Waals surface area contributed by atoms with E-state index in [4.69, 9.17) is 0 Å². The van der Waals surface area contributed by atoms with E-state index in [0.717, 1.165) is 6.54 Å². The molecule has 0 bridgehead atoms. The molecule has 3 rings (SSSR count). The van der Waals surface area contributed by atoms with Crippen LogP contribution in [0.15, 0.2) is 42.6 Å². The van der Waals surface area contributed by atoms with Crippen molar-refractivity contribution in [3.63, 3.8) is 0 Å². The Morgan fingerprint density at radius 2 is 2.07 bits per heavy atom. The van der Waals surface area contributed by atoms with E-state index in [1.54, 1.807) is 0 Å². The van der Waals surface area contributed by atoms with Crippen LogP contribution in [0.1, 0.15) is 24.2 Å². The highest BCUT2D eigenvalue weighted by molar-refractivity contribution is 5.53. The van der Waals surface area contributed by atoms with E-state index in [9.17, 15) is 0 Å². The predicted octanol–water partition coefficient (Wildman–Crippen LogP) is 2.49. The average Bonchev–Trinajstić information content (AvgIpc) is 2.82. The van der Waals surface area contributed by atoms with Crippen LogP contribution < -0.4 is 5.32 Å². The normalized spacial score (nSPS) is 17.5. The number of fused-ring (bicyclic) bond motifs is 3. The molecule has 1 N–H and O–H groups in total. The van der Waals surface area contributed by atoms with Crippen LogP contribution in [0, 0.1) is 0 Å². The highest BCUT2D eigenvalue weighted by Gasteiger charge is 2.26. The summed E-state index contributed by atoms with van der Waals surface area (Å²) in [6.07, 6.45) is 2.13. The fourth-order valence-electron chi connectivity index (χ4n) is 2.38. The molecule has 1 aliphatic heterocycles. The Balaban J connectivity index is 2.19. The molecule has 0 spiro atoms. The molecule has 1 aromatic carbocycles. The maximum absolute atomic E-state index is 3.52. The first kappa shape index (κ1) is 8.74. The highest BCUT2D eigenvalue weighted by atomic mass is 15.1. The summed E-state index contributed by atoms with van der Waals surface area (Å²) in [4.78, 5) is 0. The SMILES string of the molecule is CCNC1c2ccccc2-n2cccc21. The molecule has 2 heterocycles. The Kier molecular flexibility index (Phi) is 1.89. The van der Waals surface area contributed by atoms with Gasteiger partial charge in [-0.3, -0.25) is 0 Å². The molecule has 1 unspecified atom stereocenters. The zero-order valence-electron chi connectivity index (χ0n) is 8.77. The van der Waals surface area contributed by atoms with Gasteiger partial charge < -0.3 is 9.88 Å². The van der Waals surface area contributed by atoms with Crippen molar-refractivity contribution in [2.45, 2.75) is 13.0 Å². The quantitative estimate of drug-likeness (QED) is 0.784. The molecule has 2 heteroatoms. The lowest BCUT2D eigenvalue weighted by Gasteiger charge is -2.11. The van der Waals surface area contributed by atoms with Gasteiger partial charge in [-0.25, -0.2) is 0 Å². The monoisotopic (exact) mass is 198 g/mol. The van der Waals surface area contributed by atoms with Crippen molar-refractivity contribution in [3.8, 4) is 5.69 Å². The van der Waals surface area contributed by atoms with Crippen LogP contribution in [0.3, 0.4) is 0 Å². The van der Waals surface area contributed by atoms with Gasteiger partial charge in [0.1, 0.15) is 0 Å². The summed E-state index contributed by atoms with van der Waals surface area (Å²) in [5.41, 5.74) is 4.04. The maximum atomic E-state index is 3.52. The van der Waals surface area contributed by atoms with Crippen molar-refractivity contribution in [2.75, 3.05) is 6.54 Å². The van der Waals surface area contributed by atoms with Gasteiger partial charge in [-0.05, 0) is 30.3 Å². The molecule has 0 fully saturated rings. The standard InChI is InChI=1S/C13H14N2/c1-2-14-13-10-6-3-4-7-11(10)15-9-5-8-12(13)15/h3-9,13-14H,2H2,1H3. The number of nitrogens with zero attached hydrogens (tertiary/aromatic N) is 1. The van der Waals surface area contributed by atoms with Crippen LogP contribution in [0.4, 0.5) is 0 Å². The van der Waals surface area contributed by atoms with Gasteiger partial charge in [0.25, 0.3) is 0 Å². The molecular weight excluding hydrogens is 184 g/mol. The van der Waals surface area contributed by atoms with Crippen molar-refractivity contribution >= 4 is 0 Å². The first-order valence-corrected chi connectivity index (χ1v) is 5.41. The molecule has 76 valence electrons. The third-order valence-electron chi connectivity index (χ3n) is 2.99. The molecule has 15 heavy (non-hydrogen) atoms. The van der Waals surface area contributed by atoms with Crippen LogP contribution in [-0.2, 0) is 0 Å². The summed E-state index contributed by atoms with van der Waals surface area (Å²) in [5.74, 6) is 0. The predicted molar refractivity (Wildman–Crippen MR) is 61.3 cm³/mol. The summed E-state index contributed by atoms with van der Waals surface area (Å²) < 4.78 is 2.27. The number of hydrogen-bond acceptors (Lipinski definition) is 1. The van der Waals surface area contributed by atoms with E-state index in [1.807, 2.05) is 0 Å². The fraction of sp³-hybridized carbons (Fsp3) is 0.231. The molecule has 1 aromatic heterocycles. The van der Waals surface area contributed by atoms with E-state index < -0.39 is 0 Å². The number of hydrogen-bond donors (Lipinski definition) is 1. The fourth-order valence-corrected chi connectivity index (χ4v) is 2.38. The summed E-state index contributed by atoms with van der Waals surface area (Å²) >= 11 is 0. The van der Waals surface area contributed by atoms with E-state index in [2.05, 4.69) is 59.4 Å². The Hall–Kier alpha value is -1.54. The third kappa shape index (κ3) is 1.15. The lowest BCUT2D eigenvalue weighted by Crippen LogP contribution is -2.19. The van der Waals surface area contributed by atoms with Crippen LogP contribution >= 0.6 is 0 Å². The van der Waals surface area contributed by atoms with Gasteiger partial charge in [0.15, 0.2) is 0 Å².